The average molecular weight is 166 g/mol. The normalized spacial score (nSPS) is 54.5. The molecular weight excluding hydrogens is 148 g/mol. The second kappa shape index (κ2) is 2.06. The van der Waals surface area contributed by atoms with E-state index < -0.39 is 0 Å². The van der Waals surface area contributed by atoms with E-state index in [9.17, 15) is 0 Å². The van der Waals surface area contributed by atoms with Crippen LogP contribution in [0.2, 0.25) is 0 Å². The van der Waals surface area contributed by atoms with Crippen LogP contribution in [0.1, 0.15) is 39.5 Å². The van der Waals surface area contributed by atoms with Crippen molar-refractivity contribution < 1.29 is 4.74 Å². The fourth-order valence-corrected chi connectivity index (χ4v) is 3.66. The molecule has 12 heavy (non-hydrogen) atoms. The molecule has 4 atom stereocenters. The summed E-state index contributed by atoms with van der Waals surface area (Å²) < 4.78 is 6.01. The molecule has 4 rings (SSSR count). The van der Waals surface area contributed by atoms with E-state index in [0.717, 1.165) is 11.8 Å². The Morgan fingerprint density at radius 2 is 2.00 bits per heavy atom. The van der Waals surface area contributed by atoms with Crippen LogP contribution in [-0.2, 0) is 4.74 Å². The quantitative estimate of drug-likeness (QED) is 0.537. The first kappa shape index (κ1) is 7.37. The molecule has 4 bridgehead atoms. The summed E-state index contributed by atoms with van der Waals surface area (Å²) >= 11 is 0. The molecule has 0 N–H and O–H groups in total. The van der Waals surface area contributed by atoms with Crippen molar-refractivity contribution in [1.29, 1.82) is 0 Å². The summed E-state index contributed by atoms with van der Waals surface area (Å²) in [5.41, 5.74) is 0.560. The van der Waals surface area contributed by atoms with Crippen LogP contribution in [0, 0.1) is 17.3 Å². The Balaban J connectivity index is 1.98. The van der Waals surface area contributed by atoms with E-state index >= 15 is 0 Å². The highest BCUT2D eigenvalue weighted by Crippen LogP contribution is 2.55. The number of fused-ring (bicyclic) bond motifs is 1. The zero-order valence-electron chi connectivity index (χ0n) is 8.05. The molecule has 4 aliphatic rings. The monoisotopic (exact) mass is 166 g/mol. The van der Waals surface area contributed by atoms with Crippen molar-refractivity contribution in [2.75, 3.05) is 0 Å². The molecule has 0 aromatic rings. The van der Waals surface area contributed by atoms with Crippen LogP contribution >= 0.6 is 0 Å². The lowest BCUT2D eigenvalue weighted by molar-refractivity contribution is 0.0346. The predicted molar refractivity (Wildman–Crippen MR) is 47.9 cm³/mol. The van der Waals surface area contributed by atoms with Crippen LogP contribution in [-0.4, -0.2) is 12.2 Å². The Labute approximate surface area is 74.5 Å². The SMILES string of the molecule is CC1(C)CC2CC3CC1CC3O2. The van der Waals surface area contributed by atoms with Gasteiger partial charge in [0.15, 0.2) is 0 Å². The molecule has 0 aromatic heterocycles. The number of hydrogen-bond acceptors (Lipinski definition) is 1. The summed E-state index contributed by atoms with van der Waals surface area (Å²) in [6.45, 7) is 4.87. The Hall–Kier alpha value is -0.0400. The molecule has 0 spiro atoms. The van der Waals surface area contributed by atoms with Gasteiger partial charge in [-0.15, -0.1) is 0 Å². The molecule has 4 unspecified atom stereocenters. The zero-order chi connectivity index (χ0) is 8.34. The van der Waals surface area contributed by atoms with Gasteiger partial charge in [-0.3, -0.25) is 0 Å². The smallest absolute Gasteiger partial charge is 0.0610 e. The number of ether oxygens (including phenoxy) is 1. The number of rotatable bonds is 0. The molecule has 2 saturated heterocycles. The van der Waals surface area contributed by atoms with Crippen LogP contribution in [0.3, 0.4) is 0 Å². The maximum atomic E-state index is 6.01. The van der Waals surface area contributed by atoms with Gasteiger partial charge in [0, 0.05) is 0 Å². The second-order valence-electron chi connectivity index (χ2n) is 5.65. The van der Waals surface area contributed by atoms with Gasteiger partial charge in [-0.05, 0) is 42.9 Å². The van der Waals surface area contributed by atoms with E-state index in [0.29, 0.717) is 17.6 Å². The fourth-order valence-electron chi connectivity index (χ4n) is 3.66. The van der Waals surface area contributed by atoms with Crippen molar-refractivity contribution in [2.24, 2.45) is 17.3 Å². The van der Waals surface area contributed by atoms with Gasteiger partial charge in [0.05, 0.1) is 12.2 Å². The maximum absolute atomic E-state index is 6.01. The standard InChI is InChI=1S/C11H18O/c1-11(2)6-9-4-7-3-8(11)5-10(7)12-9/h7-10H,3-6H2,1-2H3. The van der Waals surface area contributed by atoms with E-state index in [1.54, 1.807) is 0 Å². The van der Waals surface area contributed by atoms with Gasteiger partial charge in [-0.2, -0.15) is 0 Å². The summed E-state index contributed by atoms with van der Waals surface area (Å²) in [6.07, 6.45) is 6.75. The van der Waals surface area contributed by atoms with Crippen molar-refractivity contribution in [3.05, 3.63) is 0 Å². The van der Waals surface area contributed by atoms with Gasteiger partial charge >= 0.3 is 0 Å². The molecule has 0 aromatic carbocycles. The van der Waals surface area contributed by atoms with E-state index in [-0.39, 0.29) is 0 Å². The first-order valence-electron chi connectivity index (χ1n) is 5.30. The van der Waals surface area contributed by atoms with E-state index in [2.05, 4.69) is 13.8 Å². The van der Waals surface area contributed by atoms with Gasteiger partial charge in [0.2, 0.25) is 0 Å². The summed E-state index contributed by atoms with van der Waals surface area (Å²) in [5.74, 6) is 1.89. The van der Waals surface area contributed by atoms with Crippen molar-refractivity contribution in [3.63, 3.8) is 0 Å². The highest BCUT2D eigenvalue weighted by Gasteiger charge is 2.52. The Kier molecular flexibility index (Phi) is 1.27. The Morgan fingerprint density at radius 1 is 1.17 bits per heavy atom. The van der Waals surface area contributed by atoms with Gasteiger partial charge in [-0.1, -0.05) is 13.8 Å². The fraction of sp³-hybridized carbons (Fsp3) is 1.00. The van der Waals surface area contributed by atoms with Crippen LogP contribution in [0.25, 0.3) is 0 Å². The highest BCUT2D eigenvalue weighted by molar-refractivity contribution is 5.01. The third-order valence-electron chi connectivity index (χ3n) is 4.42. The van der Waals surface area contributed by atoms with Crippen molar-refractivity contribution in [1.82, 2.24) is 0 Å². The predicted octanol–water partition coefficient (Wildman–Crippen LogP) is 2.60. The third-order valence-corrected chi connectivity index (χ3v) is 4.42. The number of hydrogen-bond donors (Lipinski definition) is 0. The van der Waals surface area contributed by atoms with Crippen molar-refractivity contribution in [2.45, 2.75) is 51.7 Å². The Bertz CT molecular complexity index is 195. The molecule has 4 fully saturated rings. The summed E-state index contributed by atoms with van der Waals surface area (Å²) in [6, 6.07) is 0. The molecule has 68 valence electrons. The molecule has 2 saturated carbocycles. The van der Waals surface area contributed by atoms with Crippen LogP contribution in [0.15, 0.2) is 0 Å². The minimum absolute atomic E-state index is 0.560. The van der Waals surface area contributed by atoms with Crippen LogP contribution in [0.4, 0.5) is 0 Å². The molecule has 1 heteroatoms. The molecule has 2 heterocycles. The summed E-state index contributed by atoms with van der Waals surface area (Å²) in [4.78, 5) is 0. The zero-order valence-corrected chi connectivity index (χ0v) is 8.05. The molecule has 2 aliphatic carbocycles. The average Bonchev–Trinajstić information content (AvgIpc) is 2.35. The van der Waals surface area contributed by atoms with Gasteiger partial charge in [-0.25, -0.2) is 0 Å². The highest BCUT2D eigenvalue weighted by atomic mass is 16.5. The van der Waals surface area contributed by atoms with Crippen LogP contribution < -0.4 is 0 Å². The van der Waals surface area contributed by atoms with Gasteiger partial charge in [0.1, 0.15) is 0 Å². The lowest BCUT2D eigenvalue weighted by Crippen LogP contribution is -2.23. The first-order valence-corrected chi connectivity index (χ1v) is 5.30. The second-order valence-corrected chi connectivity index (χ2v) is 5.65. The van der Waals surface area contributed by atoms with Gasteiger partial charge < -0.3 is 4.74 Å². The molecule has 2 aliphatic heterocycles. The van der Waals surface area contributed by atoms with E-state index in [1.807, 2.05) is 0 Å². The molecular formula is C11H18O. The lowest BCUT2D eigenvalue weighted by atomic mass is 9.75. The van der Waals surface area contributed by atoms with Crippen molar-refractivity contribution in [3.8, 4) is 0 Å². The molecule has 1 nitrogen and oxygen atoms in total. The Morgan fingerprint density at radius 3 is 2.75 bits per heavy atom. The summed E-state index contributed by atoms with van der Waals surface area (Å²) in [5, 5.41) is 0. The molecule has 0 amide bonds. The van der Waals surface area contributed by atoms with Gasteiger partial charge in [0.25, 0.3) is 0 Å². The summed E-state index contributed by atoms with van der Waals surface area (Å²) in [7, 11) is 0. The largest absolute Gasteiger partial charge is 0.375 e. The lowest BCUT2D eigenvalue weighted by Gasteiger charge is -2.30. The maximum Gasteiger partial charge on any atom is 0.0610 e. The topological polar surface area (TPSA) is 9.23 Å². The molecule has 0 radical (unpaired) electrons. The minimum Gasteiger partial charge on any atom is -0.375 e. The van der Waals surface area contributed by atoms with Crippen LogP contribution in [0.5, 0.6) is 0 Å². The minimum atomic E-state index is 0.560. The van der Waals surface area contributed by atoms with E-state index in [4.69, 9.17) is 4.74 Å². The first-order chi connectivity index (χ1) is 5.65. The third kappa shape index (κ3) is 0.834. The van der Waals surface area contributed by atoms with Crippen molar-refractivity contribution >= 4 is 0 Å². The van der Waals surface area contributed by atoms with E-state index in [1.165, 1.54) is 25.7 Å².